The van der Waals surface area contributed by atoms with Crippen molar-refractivity contribution < 1.29 is 0 Å². The number of piperidine rings is 1. The first-order valence-corrected chi connectivity index (χ1v) is 7.52. The summed E-state index contributed by atoms with van der Waals surface area (Å²) < 4.78 is 0. The number of nitrogens with zero attached hydrogens (tertiary/aromatic N) is 3. The van der Waals surface area contributed by atoms with Gasteiger partial charge in [0.05, 0.1) is 0 Å². The lowest BCUT2D eigenvalue weighted by Crippen LogP contribution is -2.40. The van der Waals surface area contributed by atoms with Gasteiger partial charge < -0.3 is 10.3 Å². The average Bonchev–Trinajstić information content (AvgIpc) is 2.37. The number of anilines is 2. The van der Waals surface area contributed by atoms with E-state index in [2.05, 4.69) is 43.0 Å². The van der Waals surface area contributed by atoms with Crippen molar-refractivity contribution in [1.82, 2.24) is 9.97 Å². The number of aromatic nitrogens is 2. The Bertz CT molecular complexity index is 462. The first-order valence-electron chi connectivity index (χ1n) is 7.52. The summed E-state index contributed by atoms with van der Waals surface area (Å²) in [5.41, 5.74) is 3.75. The highest BCUT2D eigenvalue weighted by Gasteiger charge is 2.25. The molecule has 0 bridgehead atoms. The molecule has 1 aliphatic heterocycles. The molecular formula is C15H27N5. The molecule has 2 heterocycles. The van der Waals surface area contributed by atoms with E-state index < -0.39 is 0 Å². The average molecular weight is 277 g/mol. The molecule has 20 heavy (non-hydrogen) atoms. The van der Waals surface area contributed by atoms with Gasteiger partial charge in [-0.05, 0) is 25.2 Å². The molecule has 2 unspecified atom stereocenters. The van der Waals surface area contributed by atoms with Crippen LogP contribution in [0.5, 0.6) is 0 Å². The normalized spacial score (nSPS) is 23.2. The zero-order chi connectivity index (χ0) is 14.9. The van der Waals surface area contributed by atoms with Crippen molar-refractivity contribution >= 4 is 11.6 Å². The first-order chi connectivity index (χ1) is 9.42. The Labute approximate surface area is 121 Å². The van der Waals surface area contributed by atoms with E-state index in [1.54, 1.807) is 0 Å². The lowest BCUT2D eigenvalue weighted by Gasteiger charge is -2.37. The first kappa shape index (κ1) is 15.0. The van der Waals surface area contributed by atoms with Gasteiger partial charge in [-0.2, -0.15) is 0 Å². The maximum absolute atomic E-state index is 5.61. The predicted molar refractivity (Wildman–Crippen MR) is 83.8 cm³/mol. The van der Waals surface area contributed by atoms with Crippen molar-refractivity contribution in [3.05, 3.63) is 11.4 Å². The van der Waals surface area contributed by atoms with E-state index in [9.17, 15) is 0 Å². The Balaban J connectivity index is 2.41. The quantitative estimate of drug-likeness (QED) is 0.657. The summed E-state index contributed by atoms with van der Waals surface area (Å²) in [7, 11) is 0. The van der Waals surface area contributed by atoms with Gasteiger partial charge in [0.15, 0.2) is 0 Å². The SMILES string of the molecule is Cc1c(NN)nc(C(C)C)nc1N1CC(C)CC(C)C1. The number of rotatable bonds is 3. The van der Waals surface area contributed by atoms with Crippen molar-refractivity contribution in [2.75, 3.05) is 23.4 Å². The third-order valence-electron chi connectivity index (χ3n) is 3.96. The summed E-state index contributed by atoms with van der Waals surface area (Å²) in [6.07, 6.45) is 1.29. The van der Waals surface area contributed by atoms with Crippen LogP contribution in [0.3, 0.4) is 0 Å². The minimum atomic E-state index is 0.293. The minimum Gasteiger partial charge on any atom is -0.356 e. The van der Waals surface area contributed by atoms with Gasteiger partial charge in [-0.3, -0.25) is 0 Å². The molecule has 1 saturated heterocycles. The number of hydrogen-bond acceptors (Lipinski definition) is 5. The number of nitrogens with two attached hydrogens (primary N) is 1. The van der Waals surface area contributed by atoms with E-state index in [0.29, 0.717) is 17.8 Å². The number of nitrogen functional groups attached to an aromatic ring is 1. The van der Waals surface area contributed by atoms with Gasteiger partial charge in [0.1, 0.15) is 17.5 Å². The van der Waals surface area contributed by atoms with E-state index in [0.717, 1.165) is 36.1 Å². The molecule has 0 radical (unpaired) electrons. The number of hydrogen-bond donors (Lipinski definition) is 2. The van der Waals surface area contributed by atoms with Gasteiger partial charge in [0.2, 0.25) is 0 Å². The third kappa shape index (κ3) is 3.03. The van der Waals surface area contributed by atoms with Crippen LogP contribution in [0, 0.1) is 18.8 Å². The predicted octanol–water partition coefficient (Wildman–Crippen LogP) is 2.68. The molecule has 3 N–H and O–H groups in total. The molecule has 112 valence electrons. The van der Waals surface area contributed by atoms with Crippen molar-refractivity contribution in [2.24, 2.45) is 17.7 Å². The molecule has 2 rings (SSSR count). The van der Waals surface area contributed by atoms with Crippen LogP contribution < -0.4 is 16.2 Å². The Morgan fingerprint density at radius 2 is 1.80 bits per heavy atom. The van der Waals surface area contributed by atoms with Crippen LogP contribution in [-0.2, 0) is 0 Å². The van der Waals surface area contributed by atoms with Crippen molar-refractivity contribution in [1.29, 1.82) is 0 Å². The second kappa shape index (κ2) is 5.95. The Morgan fingerprint density at radius 1 is 1.20 bits per heavy atom. The second-order valence-electron chi connectivity index (χ2n) is 6.53. The minimum absolute atomic E-state index is 0.293. The summed E-state index contributed by atoms with van der Waals surface area (Å²) in [5, 5.41) is 0. The van der Waals surface area contributed by atoms with Crippen molar-refractivity contribution in [2.45, 2.75) is 47.0 Å². The highest BCUT2D eigenvalue weighted by molar-refractivity contribution is 5.58. The van der Waals surface area contributed by atoms with Crippen LogP contribution in [-0.4, -0.2) is 23.1 Å². The molecule has 1 fully saturated rings. The van der Waals surface area contributed by atoms with Gasteiger partial charge in [-0.25, -0.2) is 15.8 Å². The molecular weight excluding hydrogens is 250 g/mol. The molecule has 1 aromatic heterocycles. The summed E-state index contributed by atoms with van der Waals surface area (Å²) in [4.78, 5) is 11.7. The Morgan fingerprint density at radius 3 is 2.30 bits per heavy atom. The van der Waals surface area contributed by atoms with Crippen LogP contribution in [0.4, 0.5) is 11.6 Å². The van der Waals surface area contributed by atoms with Crippen LogP contribution in [0.1, 0.15) is 51.4 Å². The van der Waals surface area contributed by atoms with E-state index in [-0.39, 0.29) is 0 Å². The second-order valence-corrected chi connectivity index (χ2v) is 6.53. The lowest BCUT2D eigenvalue weighted by molar-refractivity contribution is 0.354. The summed E-state index contributed by atoms with van der Waals surface area (Å²) in [5.74, 6) is 9.93. The largest absolute Gasteiger partial charge is 0.356 e. The Hall–Kier alpha value is -1.36. The molecule has 5 heteroatoms. The maximum atomic E-state index is 5.61. The van der Waals surface area contributed by atoms with Crippen LogP contribution in [0.25, 0.3) is 0 Å². The Kier molecular flexibility index (Phi) is 4.48. The van der Waals surface area contributed by atoms with E-state index >= 15 is 0 Å². The van der Waals surface area contributed by atoms with E-state index in [1.165, 1.54) is 6.42 Å². The van der Waals surface area contributed by atoms with Crippen molar-refractivity contribution in [3.63, 3.8) is 0 Å². The number of nitrogens with one attached hydrogen (secondary N) is 1. The van der Waals surface area contributed by atoms with E-state index in [1.807, 2.05) is 6.92 Å². The molecule has 2 atom stereocenters. The van der Waals surface area contributed by atoms with E-state index in [4.69, 9.17) is 10.8 Å². The molecule has 5 nitrogen and oxygen atoms in total. The fourth-order valence-electron chi connectivity index (χ4n) is 3.06. The maximum Gasteiger partial charge on any atom is 0.148 e. The molecule has 0 saturated carbocycles. The lowest BCUT2D eigenvalue weighted by atomic mass is 9.92. The zero-order valence-corrected chi connectivity index (χ0v) is 13.3. The van der Waals surface area contributed by atoms with Gasteiger partial charge in [-0.1, -0.05) is 27.7 Å². The zero-order valence-electron chi connectivity index (χ0n) is 13.3. The van der Waals surface area contributed by atoms with Crippen LogP contribution >= 0.6 is 0 Å². The summed E-state index contributed by atoms with van der Waals surface area (Å²) in [6.45, 7) is 13.0. The molecule has 1 aliphatic rings. The highest BCUT2D eigenvalue weighted by Crippen LogP contribution is 2.30. The molecule has 0 amide bonds. The smallest absolute Gasteiger partial charge is 0.148 e. The molecule has 0 aliphatic carbocycles. The molecule has 0 aromatic carbocycles. The third-order valence-corrected chi connectivity index (χ3v) is 3.96. The fraction of sp³-hybridized carbons (Fsp3) is 0.733. The summed E-state index contributed by atoms with van der Waals surface area (Å²) in [6, 6.07) is 0. The monoisotopic (exact) mass is 277 g/mol. The standard InChI is InChI=1S/C15H27N5/c1-9(2)13-17-14(19-16)12(5)15(18-13)20-7-10(3)6-11(4)8-20/h9-11H,6-8,16H2,1-5H3,(H,17,18,19). The van der Waals surface area contributed by atoms with Gasteiger partial charge in [-0.15, -0.1) is 0 Å². The van der Waals surface area contributed by atoms with Crippen LogP contribution in [0.2, 0.25) is 0 Å². The van der Waals surface area contributed by atoms with Crippen molar-refractivity contribution in [3.8, 4) is 0 Å². The van der Waals surface area contributed by atoms with Gasteiger partial charge in [0.25, 0.3) is 0 Å². The molecule has 1 aromatic rings. The van der Waals surface area contributed by atoms with Gasteiger partial charge >= 0.3 is 0 Å². The summed E-state index contributed by atoms with van der Waals surface area (Å²) >= 11 is 0. The fourth-order valence-corrected chi connectivity index (χ4v) is 3.06. The van der Waals surface area contributed by atoms with Gasteiger partial charge in [0, 0.05) is 24.6 Å². The van der Waals surface area contributed by atoms with Crippen LogP contribution in [0.15, 0.2) is 0 Å². The molecule has 0 spiro atoms. The topological polar surface area (TPSA) is 67.1 Å². The highest BCUT2D eigenvalue weighted by atomic mass is 15.3. The number of hydrazine groups is 1.